The molecule has 1 fully saturated rings. The average Bonchev–Trinajstić information content (AvgIpc) is 3.36. The summed E-state index contributed by atoms with van der Waals surface area (Å²) in [5.41, 5.74) is 8.55. The van der Waals surface area contributed by atoms with Crippen LogP contribution in [0.4, 0.5) is 5.82 Å². The molecule has 0 bridgehead atoms. The zero-order valence-corrected chi connectivity index (χ0v) is 26.8. The van der Waals surface area contributed by atoms with Crippen LogP contribution in [0.5, 0.6) is 11.5 Å². The highest BCUT2D eigenvalue weighted by Gasteiger charge is 2.35. The van der Waals surface area contributed by atoms with Crippen molar-refractivity contribution < 1.29 is 9.53 Å². The number of anilines is 1. The number of likely N-dealkylation sites (tertiary alicyclic amines) is 1. The highest BCUT2D eigenvalue weighted by atomic mass is 16.5. The first-order valence-corrected chi connectivity index (χ1v) is 14.9. The Balaban J connectivity index is 0.000000566. The predicted octanol–water partition coefficient (Wildman–Crippen LogP) is 2.51. The Hall–Kier alpha value is -4.10. The van der Waals surface area contributed by atoms with Crippen LogP contribution in [0.1, 0.15) is 6.04 Å². The average molecular weight is 603 g/mol. The molecule has 0 saturated carbocycles. The van der Waals surface area contributed by atoms with Crippen molar-refractivity contribution in [3.05, 3.63) is 60.9 Å². The molecular formula is C32H46N10O2. The van der Waals surface area contributed by atoms with Crippen LogP contribution in [0.2, 0.25) is 0 Å². The van der Waals surface area contributed by atoms with Gasteiger partial charge < -0.3 is 30.5 Å². The van der Waals surface area contributed by atoms with E-state index in [9.17, 15) is 4.79 Å². The quantitative estimate of drug-likeness (QED) is 0.250. The molecule has 1 aliphatic rings. The number of benzene rings is 2. The monoisotopic (exact) mass is 602 g/mol. The molecule has 12 nitrogen and oxygen atoms in total. The number of carbonyl (C=O) groups is 1. The summed E-state index contributed by atoms with van der Waals surface area (Å²) in [6, 6.07) is 17.4. The maximum Gasteiger partial charge on any atom is 0.236 e. The number of nitrogens with one attached hydrogen (secondary N) is 1. The van der Waals surface area contributed by atoms with Gasteiger partial charge in [-0.1, -0.05) is 18.2 Å². The summed E-state index contributed by atoms with van der Waals surface area (Å²) in [7, 11) is 12.1. The van der Waals surface area contributed by atoms with Crippen LogP contribution in [0.3, 0.4) is 0 Å². The number of para-hydroxylation sites is 1. The molecule has 4 aromatic rings. The molecule has 12 heteroatoms. The zero-order valence-electron chi connectivity index (χ0n) is 26.8. The van der Waals surface area contributed by atoms with E-state index in [2.05, 4.69) is 44.1 Å². The minimum atomic E-state index is 0.0299. The number of amides is 1. The van der Waals surface area contributed by atoms with Gasteiger partial charge >= 0.3 is 0 Å². The first kappa shape index (κ1) is 32.8. The van der Waals surface area contributed by atoms with E-state index in [0.717, 1.165) is 43.2 Å². The number of hydrogen-bond acceptors (Lipinski definition) is 10. The smallest absolute Gasteiger partial charge is 0.236 e. The summed E-state index contributed by atoms with van der Waals surface area (Å²) >= 11 is 0. The molecule has 3 heterocycles. The fourth-order valence-corrected chi connectivity index (χ4v) is 4.69. The van der Waals surface area contributed by atoms with E-state index in [1.165, 1.54) is 6.33 Å². The van der Waals surface area contributed by atoms with Gasteiger partial charge in [-0.05, 0) is 78.7 Å². The summed E-state index contributed by atoms with van der Waals surface area (Å²) in [6.45, 7) is 5.53. The second kappa shape index (κ2) is 15.6. The fraction of sp³-hybridized carbons (Fsp3) is 0.438. The second-order valence-electron chi connectivity index (χ2n) is 11.6. The molecule has 0 spiro atoms. The minimum absolute atomic E-state index is 0.0299. The number of nitrogen functional groups attached to an aromatic ring is 1. The molecular weight excluding hydrogens is 556 g/mol. The van der Waals surface area contributed by atoms with Gasteiger partial charge in [-0.15, -0.1) is 0 Å². The van der Waals surface area contributed by atoms with E-state index in [-0.39, 0.29) is 11.9 Å². The molecule has 5 rings (SSSR count). The summed E-state index contributed by atoms with van der Waals surface area (Å²) in [5, 5.41) is 8.67. The number of aromatic nitrogens is 4. The van der Waals surface area contributed by atoms with Crippen LogP contribution in [0, 0.1) is 0 Å². The topological polar surface area (TPSA) is 121 Å². The maximum atomic E-state index is 12.7. The molecule has 236 valence electrons. The third kappa shape index (κ3) is 8.73. The summed E-state index contributed by atoms with van der Waals surface area (Å²) in [4.78, 5) is 29.6. The normalized spacial score (nSPS) is 13.3. The van der Waals surface area contributed by atoms with E-state index < -0.39 is 0 Å². The summed E-state index contributed by atoms with van der Waals surface area (Å²) < 4.78 is 7.81. The van der Waals surface area contributed by atoms with Crippen LogP contribution >= 0.6 is 0 Å². The lowest BCUT2D eigenvalue weighted by atomic mass is 10.1. The molecule has 0 aliphatic carbocycles. The van der Waals surface area contributed by atoms with E-state index in [1.807, 2.05) is 92.4 Å². The van der Waals surface area contributed by atoms with E-state index >= 15 is 0 Å². The fourth-order valence-electron chi connectivity index (χ4n) is 4.69. The van der Waals surface area contributed by atoms with Crippen molar-refractivity contribution in [3.8, 4) is 22.8 Å². The lowest BCUT2D eigenvalue weighted by molar-refractivity contribution is -0.138. The van der Waals surface area contributed by atoms with Gasteiger partial charge in [0.25, 0.3) is 0 Å². The van der Waals surface area contributed by atoms with Crippen molar-refractivity contribution in [2.45, 2.75) is 6.04 Å². The predicted molar refractivity (Wildman–Crippen MR) is 176 cm³/mol. The van der Waals surface area contributed by atoms with Gasteiger partial charge in [0.05, 0.1) is 18.0 Å². The van der Waals surface area contributed by atoms with Gasteiger partial charge in [0.2, 0.25) is 5.91 Å². The molecule has 2 aromatic carbocycles. The highest BCUT2D eigenvalue weighted by molar-refractivity contribution is 5.98. The van der Waals surface area contributed by atoms with Crippen LogP contribution in [0.25, 0.3) is 22.3 Å². The Kier molecular flexibility index (Phi) is 11.6. The first-order chi connectivity index (χ1) is 21.2. The van der Waals surface area contributed by atoms with Crippen LogP contribution in [-0.2, 0) is 4.79 Å². The third-order valence-electron chi connectivity index (χ3n) is 7.33. The highest BCUT2D eigenvalue weighted by Crippen LogP contribution is 2.35. The molecule has 0 radical (unpaired) electrons. The summed E-state index contributed by atoms with van der Waals surface area (Å²) in [6.07, 6.45) is 1.46. The SMILES string of the molecule is CN(C)CCN(C)CC(=O)N1CC(n2nc(-c3ccc(Oc4ccccc4)cc3)c3c(N)ncnc32)C1.CNCCN(C)C. The second-order valence-corrected chi connectivity index (χ2v) is 11.6. The Morgan fingerprint density at radius 3 is 2.20 bits per heavy atom. The molecule has 1 saturated heterocycles. The number of rotatable bonds is 12. The molecule has 1 aliphatic heterocycles. The van der Waals surface area contributed by atoms with Crippen molar-refractivity contribution in [2.75, 3.05) is 93.8 Å². The van der Waals surface area contributed by atoms with Crippen molar-refractivity contribution >= 4 is 22.8 Å². The van der Waals surface area contributed by atoms with E-state index in [4.69, 9.17) is 15.6 Å². The van der Waals surface area contributed by atoms with Crippen molar-refractivity contribution in [1.82, 2.24) is 44.7 Å². The number of nitrogens with zero attached hydrogens (tertiary/aromatic N) is 8. The molecule has 2 aromatic heterocycles. The number of ether oxygens (including phenoxy) is 1. The number of nitrogens with two attached hydrogens (primary N) is 1. The number of likely N-dealkylation sites (N-methyl/N-ethyl adjacent to an activating group) is 4. The number of fused-ring (bicyclic) bond motifs is 1. The standard InChI is InChI=1S/C27H32N8O2.C5H14N2/c1-32(2)13-14-33(3)17-23(36)34-15-20(16-34)35-27-24(26(28)29-18-30-27)25(31-35)19-9-11-22(12-10-19)37-21-7-5-4-6-8-21;1-6-4-5-7(2)3/h4-12,18,20H,13-17H2,1-3H3,(H2,28,29,30);6H,4-5H2,1-3H3. The summed E-state index contributed by atoms with van der Waals surface area (Å²) in [5.74, 6) is 2.00. The number of hydrogen-bond donors (Lipinski definition) is 2. The Labute approximate surface area is 260 Å². The van der Waals surface area contributed by atoms with Crippen molar-refractivity contribution in [2.24, 2.45) is 0 Å². The Morgan fingerprint density at radius 1 is 0.932 bits per heavy atom. The van der Waals surface area contributed by atoms with Crippen LogP contribution in [0.15, 0.2) is 60.9 Å². The van der Waals surface area contributed by atoms with Gasteiger partial charge in [0, 0.05) is 44.8 Å². The van der Waals surface area contributed by atoms with Gasteiger partial charge in [-0.25, -0.2) is 14.6 Å². The number of carbonyl (C=O) groups excluding carboxylic acids is 1. The van der Waals surface area contributed by atoms with E-state index in [0.29, 0.717) is 42.2 Å². The maximum absolute atomic E-state index is 12.7. The van der Waals surface area contributed by atoms with Gasteiger partial charge in [0.15, 0.2) is 5.65 Å². The molecule has 44 heavy (non-hydrogen) atoms. The Bertz CT molecular complexity index is 1470. The first-order valence-electron chi connectivity index (χ1n) is 14.9. The third-order valence-corrected chi connectivity index (χ3v) is 7.33. The molecule has 0 unspecified atom stereocenters. The van der Waals surface area contributed by atoms with E-state index in [1.54, 1.807) is 0 Å². The van der Waals surface area contributed by atoms with Gasteiger partial charge in [-0.3, -0.25) is 9.69 Å². The Morgan fingerprint density at radius 2 is 1.59 bits per heavy atom. The van der Waals surface area contributed by atoms with Gasteiger partial charge in [-0.2, -0.15) is 5.10 Å². The molecule has 3 N–H and O–H groups in total. The molecule has 1 amide bonds. The lowest BCUT2D eigenvalue weighted by Crippen LogP contribution is -2.53. The van der Waals surface area contributed by atoms with Crippen LogP contribution in [-0.4, -0.2) is 133 Å². The zero-order chi connectivity index (χ0) is 31.6. The minimum Gasteiger partial charge on any atom is -0.457 e. The van der Waals surface area contributed by atoms with Crippen molar-refractivity contribution in [1.29, 1.82) is 0 Å². The van der Waals surface area contributed by atoms with Crippen LogP contribution < -0.4 is 15.8 Å². The van der Waals surface area contributed by atoms with Gasteiger partial charge in [0.1, 0.15) is 29.3 Å². The largest absolute Gasteiger partial charge is 0.457 e. The lowest BCUT2D eigenvalue weighted by Gasteiger charge is -2.40. The van der Waals surface area contributed by atoms with Crippen molar-refractivity contribution in [3.63, 3.8) is 0 Å². The molecule has 0 atom stereocenters.